The SMILES string of the molecule is Cc1ccccc1C(=O)NNC(=O)c1cccc(S(=O)(=O)N2CCc3sccc3C2)c1. The molecule has 0 saturated heterocycles. The highest BCUT2D eigenvalue weighted by atomic mass is 32.2. The molecule has 9 heteroatoms. The fourth-order valence-electron chi connectivity index (χ4n) is 3.46. The molecule has 0 aliphatic carbocycles. The Kier molecular flexibility index (Phi) is 5.90. The maximum Gasteiger partial charge on any atom is 0.269 e. The average Bonchev–Trinajstić information content (AvgIpc) is 3.25. The highest BCUT2D eigenvalue weighted by molar-refractivity contribution is 7.89. The first-order valence-electron chi connectivity index (χ1n) is 9.68. The van der Waals surface area contributed by atoms with Gasteiger partial charge in [-0.05, 0) is 60.2 Å². The summed E-state index contributed by atoms with van der Waals surface area (Å²) in [5.74, 6) is -1.05. The number of nitrogens with zero attached hydrogens (tertiary/aromatic N) is 1. The fourth-order valence-corrected chi connectivity index (χ4v) is 5.81. The Balaban J connectivity index is 1.47. The molecule has 2 heterocycles. The van der Waals surface area contributed by atoms with Crippen molar-refractivity contribution in [3.8, 4) is 0 Å². The van der Waals surface area contributed by atoms with Crippen LogP contribution in [0.5, 0.6) is 0 Å². The van der Waals surface area contributed by atoms with Gasteiger partial charge in [-0.15, -0.1) is 11.3 Å². The lowest BCUT2D eigenvalue weighted by Gasteiger charge is -2.26. The van der Waals surface area contributed by atoms with E-state index in [1.165, 1.54) is 33.4 Å². The number of rotatable bonds is 4. The van der Waals surface area contributed by atoms with Crippen molar-refractivity contribution < 1.29 is 18.0 Å². The van der Waals surface area contributed by atoms with Gasteiger partial charge in [0.2, 0.25) is 10.0 Å². The van der Waals surface area contributed by atoms with Gasteiger partial charge >= 0.3 is 0 Å². The Bertz CT molecular complexity index is 1250. The van der Waals surface area contributed by atoms with E-state index in [1.807, 2.05) is 17.5 Å². The molecule has 3 aromatic rings. The van der Waals surface area contributed by atoms with E-state index in [0.717, 1.165) is 11.1 Å². The molecule has 0 unspecified atom stereocenters. The number of benzene rings is 2. The lowest BCUT2D eigenvalue weighted by atomic mass is 10.1. The molecule has 2 N–H and O–H groups in total. The van der Waals surface area contributed by atoms with E-state index < -0.39 is 21.8 Å². The van der Waals surface area contributed by atoms with Gasteiger partial charge < -0.3 is 0 Å². The number of hydrazine groups is 1. The number of thiophene rings is 1. The van der Waals surface area contributed by atoms with E-state index in [-0.39, 0.29) is 10.5 Å². The predicted molar refractivity (Wildman–Crippen MR) is 118 cm³/mol. The minimum absolute atomic E-state index is 0.0454. The molecule has 0 bridgehead atoms. The van der Waals surface area contributed by atoms with Crippen LogP contribution in [0.25, 0.3) is 0 Å². The second-order valence-corrected chi connectivity index (χ2v) is 10.1. The van der Waals surface area contributed by atoms with Crippen LogP contribution in [-0.4, -0.2) is 31.1 Å². The second kappa shape index (κ2) is 8.62. The Morgan fingerprint density at radius 1 is 1.00 bits per heavy atom. The largest absolute Gasteiger partial charge is 0.269 e. The quantitative estimate of drug-likeness (QED) is 0.592. The van der Waals surface area contributed by atoms with Gasteiger partial charge in [0.15, 0.2) is 0 Å². The normalized spacial score (nSPS) is 14.0. The Hall–Kier alpha value is -3.01. The molecule has 1 aliphatic heterocycles. The summed E-state index contributed by atoms with van der Waals surface area (Å²) in [4.78, 5) is 26.1. The van der Waals surface area contributed by atoms with E-state index in [2.05, 4.69) is 10.9 Å². The molecule has 2 aromatic carbocycles. The van der Waals surface area contributed by atoms with E-state index in [0.29, 0.717) is 25.1 Å². The van der Waals surface area contributed by atoms with Gasteiger partial charge in [-0.1, -0.05) is 24.3 Å². The Labute approximate surface area is 184 Å². The Morgan fingerprint density at radius 2 is 1.77 bits per heavy atom. The van der Waals surface area contributed by atoms with Crippen molar-refractivity contribution in [1.29, 1.82) is 0 Å². The van der Waals surface area contributed by atoms with Crippen LogP contribution in [0.2, 0.25) is 0 Å². The van der Waals surface area contributed by atoms with Gasteiger partial charge in [-0.2, -0.15) is 4.31 Å². The maximum absolute atomic E-state index is 13.1. The minimum Gasteiger partial charge on any atom is -0.267 e. The zero-order chi connectivity index (χ0) is 22.0. The number of hydrogen-bond acceptors (Lipinski definition) is 5. The number of hydrogen-bond donors (Lipinski definition) is 2. The van der Waals surface area contributed by atoms with Crippen LogP contribution in [0.1, 0.15) is 36.7 Å². The lowest BCUT2D eigenvalue weighted by molar-refractivity contribution is 0.0846. The van der Waals surface area contributed by atoms with E-state index in [1.54, 1.807) is 36.5 Å². The maximum atomic E-state index is 13.1. The third-order valence-electron chi connectivity index (χ3n) is 5.19. The first-order valence-corrected chi connectivity index (χ1v) is 12.0. The standard InChI is InChI=1S/C22H21N3O4S2/c1-15-5-2-3-8-19(15)22(27)24-23-21(26)16-6-4-7-18(13-16)31(28,29)25-11-9-20-17(14-25)10-12-30-20/h2-8,10,12-13H,9,11,14H2,1H3,(H,23,26)(H,24,27). The summed E-state index contributed by atoms with van der Waals surface area (Å²) in [5.41, 5.74) is 7.09. The first kappa shape index (κ1) is 21.2. The lowest BCUT2D eigenvalue weighted by Crippen LogP contribution is -2.42. The summed E-state index contributed by atoms with van der Waals surface area (Å²) in [6.07, 6.45) is 0.678. The molecule has 1 aromatic heterocycles. The molecular formula is C22H21N3O4S2. The molecule has 0 fully saturated rings. The highest BCUT2D eigenvalue weighted by Gasteiger charge is 2.29. The minimum atomic E-state index is -3.75. The third-order valence-corrected chi connectivity index (χ3v) is 8.05. The second-order valence-electron chi connectivity index (χ2n) is 7.21. The van der Waals surface area contributed by atoms with Crippen molar-refractivity contribution in [2.75, 3.05) is 6.54 Å². The topological polar surface area (TPSA) is 95.6 Å². The zero-order valence-corrected chi connectivity index (χ0v) is 18.4. The van der Waals surface area contributed by atoms with Gasteiger partial charge in [-0.25, -0.2) is 8.42 Å². The molecular weight excluding hydrogens is 434 g/mol. The van der Waals surface area contributed by atoms with Crippen molar-refractivity contribution >= 4 is 33.2 Å². The van der Waals surface area contributed by atoms with Crippen molar-refractivity contribution in [1.82, 2.24) is 15.2 Å². The average molecular weight is 456 g/mol. The summed E-state index contributed by atoms with van der Waals surface area (Å²) < 4.78 is 27.6. The van der Waals surface area contributed by atoms with E-state index in [9.17, 15) is 18.0 Å². The Morgan fingerprint density at radius 3 is 2.58 bits per heavy atom. The number of carbonyl (C=O) groups excluding carboxylic acids is 2. The summed E-state index contributed by atoms with van der Waals surface area (Å²) in [6, 6.07) is 14.8. The third kappa shape index (κ3) is 4.39. The summed E-state index contributed by atoms with van der Waals surface area (Å²) in [6.45, 7) is 2.52. The number of nitrogens with one attached hydrogen (secondary N) is 2. The molecule has 1 aliphatic rings. The van der Waals surface area contributed by atoms with Gasteiger partial charge in [0.1, 0.15) is 0 Å². The van der Waals surface area contributed by atoms with Gasteiger partial charge in [0, 0.05) is 29.1 Å². The van der Waals surface area contributed by atoms with Gasteiger partial charge in [0.25, 0.3) is 11.8 Å². The van der Waals surface area contributed by atoms with Crippen LogP contribution in [0, 0.1) is 6.92 Å². The molecule has 0 atom stereocenters. The van der Waals surface area contributed by atoms with Crippen LogP contribution in [0.4, 0.5) is 0 Å². The number of amides is 2. The van der Waals surface area contributed by atoms with Crippen LogP contribution in [0.3, 0.4) is 0 Å². The van der Waals surface area contributed by atoms with Gasteiger partial charge in [-0.3, -0.25) is 20.4 Å². The molecule has 0 spiro atoms. The molecule has 0 radical (unpaired) electrons. The smallest absolute Gasteiger partial charge is 0.267 e. The molecule has 31 heavy (non-hydrogen) atoms. The summed E-state index contributed by atoms with van der Waals surface area (Å²) >= 11 is 1.64. The molecule has 2 amide bonds. The number of sulfonamides is 1. The molecule has 4 rings (SSSR count). The van der Waals surface area contributed by atoms with Crippen molar-refractivity contribution in [3.05, 3.63) is 87.1 Å². The molecule has 0 saturated carbocycles. The van der Waals surface area contributed by atoms with Crippen LogP contribution < -0.4 is 10.9 Å². The number of aryl methyl sites for hydroxylation is 1. The monoisotopic (exact) mass is 455 g/mol. The summed E-state index contributed by atoms with van der Waals surface area (Å²) in [7, 11) is -3.75. The van der Waals surface area contributed by atoms with E-state index >= 15 is 0 Å². The number of fused-ring (bicyclic) bond motifs is 1. The van der Waals surface area contributed by atoms with E-state index in [4.69, 9.17) is 0 Å². The van der Waals surface area contributed by atoms with Crippen molar-refractivity contribution in [2.45, 2.75) is 24.8 Å². The summed E-state index contributed by atoms with van der Waals surface area (Å²) in [5, 5.41) is 1.97. The highest BCUT2D eigenvalue weighted by Crippen LogP contribution is 2.28. The van der Waals surface area contributed by atoms with Crippen LogP contribution >= 0.6 is 11.3 Å². The number of carbonyl (C=O) groups is 2. The van der Waals surface area contributed by atoms with Crippen LogP contribution in [-0.2, 0) is 23.0 Å². The van der Waals surface area contributed by atoms with Crippen LogP contribution in [0.15, 0.2) is 64.9 Å². The molecule has 7 nitrogen and oxygen atoms in total. The predicted octanol–water partition coefficient (Wildman–Crippen LogP) is 2.88. The van der Waals surface area contributed by atoms with Crippen molar-refractivity contribution in [3.63, 3.8) is 0 Å². The van der Waals surface area contributed by atoms with Crippen molar-refractivity contribution in [2.24, 2.45) is 0 Å². The first-order chi connectivity index (χ1) is 14.9. The fraction of sp³-hybridized carbons (Fsp3) is 0.182. The molecule has 160 valence electrons. The zero-order valence-electron chi connectivity index (χ0n) is 16.8. The van der Waals surface area contributed by atoms with Gasteiger partial charge in [0.05, 0.1) is 4.90 Å².